The van der Waals surface area contributed by atoms with Crippen molar-refractivity contribution in [2.75, 3.05) is 13.7 Å². The highest BCUT2D eigenvalue weighted by Gasteiger charge is 2.30. The number of hydrogen-bond acceptors (Lipinski definition) is 5. The fraction of sp³-hybridized carbons (Fsp3) is 0.385. The van der Waals surface area contributed by atoms with Crippen molar-refractivity contribution in [3.05, 3.63) is 29.8 Å². The van der Waals surface area contributed by atoms with Gasteiger partial charge >= 0.3 is 5.97 Å². The highest BCUT2D eigenvalue weighted by Crippen LogP contribution is 2.24. The van der Waals surface area contributed by atoms with Crippen molar-refractivity contribution in [3.63, 3.8) is 0 Å². The second kappa shape index (κ2) is 5.53. The molecule has 5 heteroatoms. The van der Waals surface area contributed by atoms with Gasteiger partial charge in [0.25, 0.3) is 0 Å². The van der Waals surface area contributed by atoms with Gasteiger partial charge < -0.3 is 14.3 Å². The number of carbonyl (C=O) groups is 1. The Balaban J connectivity index is 2.10. The number of oxime groups is 1. The molecule has 18 heavy (non-hydrogen) atoms. The summed E-state index contributed by atoms with van der Waals surface area (Å²) in [6, 6.07) is 7.49. The highest BCUT2D eigenvalue weighted by atomic mass is 16.7. The number of benzene rings is 1. The van der Waals surface area contributed by atoms with E-state index in [1.165, 1.54) is 0 Å². The van der Waals surface area contributed by atoms with E-state index in [2.05, 4.69) is 5.16 Å². The van der Waals surface area contributed by atoms with Gasteiger partial charge in [0.1, 0.15) is 5.75 Å². The topological polar surface area (TPSA) is 57.1 Å². The maximum Gasteiger partial charge on any atom is 0.350 e. The van der Waals surface area contributed by atoms with Crippen molar-refractivity contribution < 1.29 is 19.1 Å². The second-order valence-corrected chi connectivity index (χ2v) is 3.79. The Labute approximate surface area is 105 Å². The lowest BCUT2D eigenvalue weighted by Crippen LogP contribution is -2.23. The molecule has 1 aromatic carbocycles. The van der Waals surface area contributed by atoms with E-state index in [0.29, 0.717) is 24.5 Å². The lowest BCUT2D eigenvalue weighted by atomic mass is 10.0. The first kappa shape index (κ1) is 12.4. The molecule has 1 unspecified atom stereocenters. The first-order valence-corrected chi connectivity index (χ1v) is 5.79. The summed E-state index contributed by atoms with van der Waals surface area (Å²) in [4.78, 5) is 16.6. The Bertz CT molecular complexity index is 470. The lowest BCUT2D eigenvalue weighted by molar-refractivity contribution is -0.154. The summed E-state index contributed by atoms with van der Waals surface area (Å²) >= 11 is 0. The third-order valence-electron chi connectivity index (χ3n) is 2.64. The van der Waals surface area contributed by atoms with Gasteiger partial charge in [-0.25, -0.2) is 4.79 Å². The maximum atomic E-state index is 11.5. The largest absolute Gasteiger partial charge is 0.496 e. The molecule has 96 valence electrons. The quantitative estimate of drug-likeness (QED) is 0.763. The third kappa shape index (κ3) is 2.45. The number of methoxy groups -OCH3 is 1. The number of ether oxygens (including phenoxy) is 2. The van der Waals surface area contributed by atoms with E-state index >= 15 is 0 Å². The number of rotatable bonds is 4. The molecule has 1 aliphatic heterocycles. The Morgan fingerprint density at radius 1 is 1.50 bits per heavy atom. The smallest absolute Gasteiger partial charge is 0.350 e. The highest BCUT2D eigenvalue weighted by molar-refractivity contribution is 6.05. The molecular formula is C13H15NO4. The van der Waals surface area contributed by atoms with Gasteiger partial charge in [0, 0.05) is 12.0 Å². The molecule has 5 nitrogen and oxygen atoms in total. The molecule has 1 aliphatic rings. The Kier molecular flexibility index (Phi) is 3.82. The average Bonchev–Trinajstić information content (AvgIpc) is 2.88. The third-order valence-corrected chi connectivity index (χ3v) is 2.64. The number of esters is 1. The molecule has 0 fully saturated rings. The van der Waals surface area contributed by atoms with Crippen LogP contribution in [0.3, 0.4) is 0 Å². The Morgan fingerprint density at radius 2 is 2.28 bits per heavy atom. The van der Waals surface area contributed by atoms with E-state index in [9.17, 15) is 4.79 Å². The zero-order chi connectivity index (χ0) is 13.0. The van der Waals surface area contributed by atoms with Crippen LogP contribution in [0.4, 0.5) is 0 Å². The Hall–Kier alpha value is -2.04. The van der Waals surface area contributed by atoms with Crippen LogP contribution in [0.1, 0.15) is 18.9 Å². The molecule has 0 aliphatic carbocycles. The number of para-hydroxylation sites is 1. The monoisotopic (exact) mass is 249 g/mol. The van der Waals surface area contributed by atoms with Crippen molar-refractivity contribution in [1.29, 1.82) is 0 Å². The average molecular weight is 249 g/mol. The molecule has 2 rings (SSSR count). The molecule has 0 amide bonds. The molecule has 0 bridgehead atoms. The first-order chi connectivity index (χ1) is 8.76. The minimum atomic E-state index is -0.648. The van der Waals surface area contributed by atoms with Crippen molar-refractivity contribution in [1.82, 2.24) is 0 Å². The SMILES string of the molecule is CCOC(=O)C1CC(c2ccccc2OC)=NO1. The van der Waals surface area contributed by atoms with Crippen molar-refractivity contribution in [2.24, 2.45) is 5.16 Å². The minimum absolute atomic E-state index is 0.336. The van der Waals surface area contributed by atoms with Gasteiger partial charge in [0.15, 0.2) is 0 Å². The van der Waals surface area contributed by atoms with Gasteiger partial charge in [-0.2, -0.15) is 0 Å². The van der Waals surface area contributed by atoms with E-state index < -0.39 is 6.10 Å². The van der Waals surface area contributed by atoms with Gasteiger partial charge in [-0.15, -0.1) is 0 Å². The number of carbonyl (C=O) groups excluding carboxylic acids is 1. The van der Waals surface area contributed by atoms with E-state index in [4.69, 9.17) is 14.3 Å². The van der Waals surface area contributed by atoms with E-state index in [1.807, 2.05) is 24.3 Å². The van der Waals surface area contributed by atoms with Gasteiger partial charge in [-0.1, -0.05) is 17.3 Å². The summed E-state index contributed by atoms with van der Waals surface area (Å²) < 4.78 is 10.1. The van der Waals surface area contributed by atoms with Crippen molar-refractivity contribution in [2.45, 2.75) is 19.4 Å². The molecule has 0 saturated heterocycles. The summed E-state index contributed by atoms with van der Waals surface area (Å²) in [5.74, 6) is 0.329. The van der Waals surface area contributed by atoms with Crippen LogP contribution < -0.4 is 4.74 Å². The Morgan fingerprint density at radius 3 is 3.00 bits per heavy atom. The van der Waals surface area contributed by atoms with Crippen LogP contribution in [-0.2, 0) is 14.4 Å². The van der Waals surface area contributed by atoms with Gasteiger partial charge in [0.2, 0.25) is 6.10 Å². The second-order valence-electron chi connectivity index (χ2n) is 3.79. The zero-order valence-corrected chi connectivity index (χ0v) is 10.4. The van der Waals surface area contributed by atoms with Gasteiger partial charge in [0.05, 0.1) is 19.4 Å². The van der Waals surface area contributed by atoms with Crippen LogP contribution in [0.25, 0.3) is 0 Å². The van der Waals surface area contributed by atoms with Crippen LogP contribution in [0.15, 0.2) is 29.4 Å². The molecule has 0 aromatic heterocycles. The first-order valence-electron chi connectivity index (χ1n) is 5.79. The molecule has 0 spiro atoms. The van der Waals surface area contributed by atoms with E-state index in [-0.39, 0.29) is 5.97 Å². The van der Waals surface area contributed by atoms with Gasteiger partial charge in [-0.3, -0.25) is 0 Å². The standard InChI is InChI=1S/C13H15NO4/c1-3-17-13(15)12-8-10(14-18-12)9-6-4-5-7-11(9)16-2/h4-7,12H,3,8H2,1-2H3. The van der Waals surface area contributed by atoms with Crippen molar-refractivity contribution in [3.8, 4) is 5.75 Å². The number of hydrogen-bond donors (Lipinski definition) is 0. The molecular weight excluding hydrogens is 234 g/mol. The van der Waals surface area contributed by atoms with E-state index in [0.717, 1.165) is 5.56 Å². The fourth-order valence-corrected chi connectivity index (χ4v) is 1.78. The van der Waals surface area contributed by atoms with Crippen LogP contribution in [0.5, 0.6) is 5.75 Å². The predicted octanol–water partition coefficient (Wildman–Crippen LogP) is 1.75. The minimum Gasteiger partial charge on any atom is -0.496 e. The molecule has 1 heterocycles. The van der Waals surface area contributed by atoms with Crippen LogP contribution >= 0.6 is 0 Å². The van der Waals surface area contributed by atoms with Crippen LogP contribution in [0, 0.1) is 0 Å². The molecule has 0 radical (unpaired) electrons. The normalized spacial score (nSPS) is 17.9. The number of nitrogens with zero attached hydrogens (tertiary/aromatic N) is 1. The summed E-state index contributed by atoms with van der Waals surface area (Å²) in [6.07, 6.45) is -0.246. The fourth-order valence-electron chi connectivity index (χ4n) is 1.78. The maximum absolute atomic E-state index is 11.5. The molecule has 0 saturated carbocycles. The predicted molar refractivity (Wildman–Crippen MR) is 65.7 cm³/mol. The van der Waals surface area contributed by atoms with Gasteiger partial charge in [-0.05, 0) is 19.1 Å². The summed E-state index contributed by atoms with van der Waals surface area (Å²) in [7, 11) is 1.60. The molecule has 0 N–H and O–H groups in total. The summed E-state index contributed by atoms with van der Waals surface area (Å²) in [6.45, 7) is 2.09. The summed E-state index contributed by atoms with van der Waals surface area (Å²) in [5.41, 5.74) is 1.54. The van der Waals surface area contributed by atoms with Crippen molar-refractivity contribution >= 4 is 11.7 Å². The van der Waals surface area contributed by atoms with E-state index in [1.54, 1.807) is 14.0 Å². The van der Waals surface area contributed by atoms with Crippen LogP contribution in [-0.4, -0.2) is 31.5 Å². The molecule has 1 atom stereocenters. The lowest BCUT2D eigenvalue weighted by Gasteiger charge is -2.07. The van der Waals surface area contributed by atoms with Crippen LogP contribution in [0.2, 0.25) is 0 Å². The molecule has 1 aromatic rings. The summed E-state index contributed by atoms with van der Waals surface area (Å²) in [5, 5.41) is 3.94. The zero-order valence-electron chi connectivity index (χ0n) is 10.4.